The van der Waals surface area contributed by atoms with Crippen molar-refractivity contribution >= 4 is 22.5 Å². The Bertz CT molecular complexity index is 1360. The normalized spacial score (nSPS) is 15.6. The summed E-state index contributed by atoms with van der Waals surface area (Å²) in [5, 5.41) is 5.57. The number of aromatic nitrogens is 5. The summed E-state index contributed by atoms with van der Waals surface area (Å²) in [5.41, 5.74) is 12.8. The molecule has 1 aliphatic rings. The number of nitrogens with zero attached hydrogens (tertiary/aromatic N) is 5. The number of carbonyl (C=O) groups excluding carboxylic acids is 1. The fourth-order valence-corrected chi connectivity index (χ4v) is 5.38. The maximum absolute atomic E-state index is 11.3. The first-order chi connectivity index (χ1) is 16.4. The van der Waals surface area contributed by atoms with E-state index in [9.17, 15) is 4.79 Å². The highest BCUT2D eigenvalue weighted by atomic mass is 16.5. The molecule has 0 atom stereocenters. The molecule has 1 fully saturated rings. The molecule has 34 heavy (non-hydrogen) atoms. The van der Waals surface area contributed by atoms with Gasteiger partial charge in [-0.15, -0.1) is 0 Å². The molecular weight excluding hydrogens is 430 g/mol. The van der Waals surface area contributed by atoms with E-state index in [0.29, 0.717) is 29.8 Å². The number of fused-ring (bicyclic) bond motifs is 2. The molecule has 0 radical (unpaired) electrons. The van der Waals surface area contributed by atoms with Gasteiger partial charge in [-0.2, -0.15) is 5.10 Å². The number of pyridine rings is 2. The number of rotatable bonds is 6. The van der Waals surface area contributed by atoms with Gasteiger partial charge in [-0.1, -0.05) is 13.8 Å². The molecule has 1 amide bonds. The van der Waals surface area contributed by atoms with Crippen molar-refractivity contribution in [2.24, 2.45) is 5.73 Å². The van der Waals surface area contributed by atoms with Gasteiger partial charge in [0.05, 0.1) is 31.1 Å². The number of piperidine rings is 1. The molecule has 4 aromatic heterocycles. The molecule has 9 heteroatoms. The van der Waals surface area contributed by atoms with Crippen LogP contribution in [0.2, 0.25) is 0 Å². The minimum absolute atomic E-state index is 0.267. The van der Waals surface area contributed by atoms with Crippen molar-refractivity contribution in [3.8, 4) is 17.0 Å². The third-order valence-electron chi connectivity index (χ3n) is 6.94. The lowest BCUT2D eigenvalue weighted by Crippen LogP contribution is -2.39. The quantitative estimate of drug-likeness (QED) is 0.455. The summed E-state index contributed by atoms with van der Waals surface area (Å²) in [4.78, 5) is 26.3. The van der Waals surface area contributed by atoms with Gasteiger partial charge in [0.1, 0.15) is 6.33 Å². The summed E-state index contributed by atoms with van der Waals surface area (Å²) in [5.74, 6) is 1.09. The molecule has 178 valence electrons. The van der Waals surface area contributed by atoms with Crippen LogP contribution in [0.1, 0.15) is 55.3 Å². The maximum atomic E-state index is 11.3. The molecule has 4 aromatic rings. The molecule has 1 saturated heterocycles. The van der Waals surface area contributed by atoms with Crippen molar-refractivity contribution in [2.45, 2.75) is 45.4 Å². The number of H-pyrrole nitrogens is 1. The highest BCUT2D eigenvalue weighted by Gasteiger charge is 2.27. The first-order valence-corrected chi connectivity index (χ1v) is 11.8. The SMILES string of the molecule is COc1cc(-c2[nH]c3cnc(C4CCN(CC(N)=O)CC4)c(C)c3c2C(C)C)cn2ncnc12. The van der Waals surface area contributed by atoms with Crippen LogP contribution in [-0.4, -0.2) is 62.1 Å². The summed E-state index contributed by atoms with van der Waals surface area (Å²) >= 11 is 0. The van der Waals surface area contributed by atoms with Crippen LogP contribution < -0.4 is 10.5 Å². The monoisotopic (exact) mass is 461 g/mol. The van der Waals surface area contributed by atoms with Crippen LogP contribution in [0.15, 0.2) is 24.8 Å². The second kappa shape index (κ2) is 8.72. The molecule has 5 rings (SSSR count). The summed E-state index contributed by atoms with van der Waals surface area (Å²) in [6.45, 7) is 8.68. The molecule has 0 aromatic carbocycles. The number of hydrogen-bond acceptors (Lipinski definition) is 6. The van der Waals surface area contributed by atoms with E-state index < -0.39 is 0 Å². The van der Waals surface area contributed by atoms with Gasteiger partial charge in [-0.3, -0.25) is 14.7 Å². The Balaban J connectivity index is 1.58. The van der Waals surface area contributed by atoms with Gasteiger partial charge in [0, 0.05) is 28.8 Å². The van der Waals surface area contributed by atoms with Gasteiger partial charge in [0.25, 0.3) is 0 Å². The fraction of sp³-hybridized carbons (Fsp3) is 0.440. The Labute approximate surface area is 198 Å². The third-order valence-corrected chi connectivity index (χ3v) is 6.94. The zero-order valence-electron chi connectivity index (χ0n) is 20.1. The van der Waals surface area contributed by atoms with Crippen LogP contribution in [0.3, 0.4) is 0 Å². The Hall–Kier alpha value is -3.46. The van der Waals surface area contributed by atoms with Crippen molar-refractivity contribution in [1.29, 1.82) is 0 Å². The second-order valence-corrected chi connectivity index (χ2v) is 9.47. The number of amides is 1. The molecule has 1 aliphatic heterocycles. The molecule has 0 unspecified atom stereocenters. The number of primary amides is 1. The maximum Gasteiger partial charge on any atom is 0.231 e. The molecule has 3 N–H and O–H groups in total. The predicted octanol–water partition coefficient (Wildman–Crippen LogP) is 3.38. The number of likely N-dealkylation sites (tertiary alicyclic amines) is 1. The highest BCUT2D eigenvalue weighted by Crippen LogP contribution is 2.40. The van der Waals surface area contributed by atoms with Crippen molar-refractivity contribution < 1.29 is 9.53 Å². The van der Waals surface area contributed by atoms with Crippen LogP contribution >= 0.6 is 0 Å². The van der Waals surface area contributed by atoms with Gasteiger partial charge < -0.3 is 15.5 Å². The van der Waals surface area contributed by atoms with E-state index in [1.807, 2.05) is 18.5 Å². The summed E-state index contributed by atoms with van der Waals surface area (Å²) in [7, 11) is 1.65. The van der Waals surface area contributed by atoms with E-state index in [2.05, 4.69) is 40.7 Å². The fourth-order valence-electron chi connectivity index (χ4n) is 5.38. The van der Waals surface area contributed by atoms with E-state index in [-0.39, 0.29) is 5.91 Å². The molecule has 0 bridgehead atoms. The average Bonchev–Trinajstić information content (AvgIpc) is 3.44. The number of nitrogens with one attached hydrogen (secondary N) is 1. The van der Waals surface area contributed by atoms with E-state index in [1.165, 1.54) is 22.8 Å². The highest BCUT2D eigenvalue weighted by molar-refractivity contribution is 5.94. The number of aryl methyl sites for hydroxylation is 1. The van der Waals surface area contributed by atoms with Gasteiger partial charge in [-0.05, 0) is 56.0 Å². The summed E-state index contributed by atoms with van der Waals surface area (Å²) in [6.07, 6.45) is 7.43. The standard InChI is InChI=1S/C25H31N7O2/c1-14(2)21-22-15(3)23(16-5-7-31(8-6-16)12-20(26)33)27-10-18(22)30-24(21)17-9-19(34-4)25-28-13-29-32(25)11-17/h9-11,13-14,16,30H,5-8,12H2,1-4H3,(H2,26,33). The summed E-state index contributed by atoms with van der Waals surface area (Å²) < 4.78 is 7.34. The van der Waals surface area contributed by atoms with Gasteiger partial charge >= 0.3 is 0 Å². The molecule has 0 saturated carbocycles. The van der Waals surface area contributed by atoms with Gasteiger partial charge in [0.15, 0.2) is 11.4 Å². The number of nitrogens with two attached hydrogens (primary N) is 1. The largest absolute Gasteiger partial charge is 0.493 e. The van der Waals surface area contributed by atoms with E-state index in [4.69, 9.17) is 15.5 Å². The van der Waals surface area contributed by atoms with Crippen molar-refractivity contribution in [3.63, 3.8) is 0 Å². The van der Waals surface area contributed by atoms with Crippen LogP contribution in [0.25, 0.3) is 27.8 Å². The first kappa shape index (κ1) is 22.3. The number of methoxy groups -OCH3 is 1. The number of ether oxygens (including phenoxy) is 1. The Morgan fingerprint density at radius 3 is 2.74 bits per heavy atom. The lowest BCUT2D eigenvalue weighted by atomic mass is 9.87. The van der Waals surface area contributed by atoms with Gasteiger partial charge in [0.2, 0.25) is 5.91 Å². The molecule has 0 spiro atoms. The second-order valence-electron chi connectivity index (χ2n) is 9.47. The van der Waals surface area contributed by atoms with Crippen LogP contribution in [0.4, 0.5) is 0 Å². The minimum Gasteiger partial charge on any atom is -0.493 e. The van der Waals surface area contributed by atoms with Crippen molar-refractivity contribution in [2.75, 3.05) is 26.7 Å². The molecule has 0 aliphatic carbocycles. The zero-order valence-corrected chi connectivity index (χ0v) is 20.1. The summed E-state index contributed by atoms with van der Waals surface area (Å²) in [6, 6.07) is 2.01. The van der Waals surface area contributed by atoms with Crippen molar-refractivity contribution in [1.82, 2.24) is 29.5 Å². The lowest BCUT2D eigenvalue weighted by molar-refractivity contribution is -0.119. The van der Waals surface area contributed by atoms with E-state index >= 15 is 0 Å². The van der Waals surface area contributed by atoms with Crippen molar-refractivity contribution in [3.05, 3.63) is 41.6 Å². The lowest BCUT2D eigenvalue weighted by Gasteiger charge is -2.31. The smallest absolute Gasteiger partial charge is 0.231 e. The molecule has 9 nitrogen and oxygen atoms in total. The average molecular weight is 462 g/mol. The molecular formula is C25H31N7O2. The predicted molar refractivity (Wildman–Crippen MR) is 131 cm³/mol. The van der Waals surface area contributed by atoms with Crippen LogP contribution in [-0.2, 0) is 4.79 Å². The Morgan fingerprint density at radius 1 is 1.29 bits per heavy atom. The third kappa shape index (κ3) is 3.79. The van der Waals surface area contributed by atoms with E-state index in [1.54, 1.807) is 11.6 Å². The topological polar surface area (TPSA) is 114 Å². The van der Waals surface area contributed by atoms with Crippen LogP contribution in [0, 0.1) is 6.92 Å². The number of carbonyl (C=O) groups is 1. The molecule has 5 heterocycles. The number of hydrogen-bond donors (Lipinski definition) is 2. The number of aromatic amines is 1. The Morgan fingerprint density at radius 2 is 2.06 bits per heavy atom. The first-order valence-electron chi connectivity index (χ1n) is 11.8. The zero-order chi connectivity index (χ0) is 24.0. The van der Waals surface area contributed by atoms with Gasteiger partial charge in [-0.25, -0.2) is 9.50 Å². The van der Waals surface area contributed by atoms with Crippen LogP contribution in [0.5, 0.6) is 5.75 Å². The Kier molecular flexibility index (Phi) is 5.73. The minimum atomic E-state index is -0.267. The van der Waals surface area contributed by atoms with E-state index in [0.717, 1.165) is 48.4 Å².